The van der Waals surface area contributed by atoms with Gasteiger partial charge in [0.2, 0.25) is 5.91 Å². The second-order valence-corrected chi connectivity index (χ2v) is 5.39. The number of carbonyl (C=O) groups excluding carboxylic acids is 2. The normalized spacial score (nSPS) is 10.4. The first-order valence-corrected chi connectivity index (χ1v) is 7.36. The number of aromatic hydroxyl groups is 2. The summed E-state index contributed by atoms with van der Waals surface area (Å²) in [6.45, 7) is 0. The molecule has 3 rings (SSSR count). The van der Waals surface area contributed by atoms with Crippen LogP contribution in [-0.4, -0.2) is 22.2 Å². The van der Waals surface area contributed by atoms with Gasteiger partial charge in [0.05, 0.1) is 11.4 Å². The highest BCUT2D eigenvalue weighted by Gasteiger charge is 2.12. The van der Waals surface area contributed by atoms with E-state index in [1.807, 2.05) is 24.3 Å². The number of carbonyl (C=O) groups is 2. The summed E-state index contributed by atoms with van der Waals surface area (Å²) >= 11 is 0. The van der Waals surface area contributed by atoms with E-state index in [2.05, 4.69) is 10.6 Å². The van der Waals surface area contributed by atoms with Crippen molar-refractivity contribution in [3.8, 4) is 11.5 Å². The van der Waals surface area contributed by atoms with Crippen molar-refractivity contribution in [3.63, 3.8) is 0 Å². The van der Waals surface area contributed by atoms with Crippen molar-refractivity contribution >= 4 is 34.1 Å². The lowest BCUT2D eigenvalue weighted by molar-refractivity contribution is 0.100. The van der Waals surface area contributed by atoms with E-state index in [9.17, 15) is 19.8 Å². The molecule has 3 aromatic carbocycles. The van der Waals surface area contributed by atoms with Crippen LogP contribution in [0.15, 0.2) is 54.6 Å². The molecule has 0 saturated heterocycles. The smallest absolute Gasteiger partial charge is 0.323 e. The first kappa shape index (κ1) is 16.1. The number of hydrogen-bond donors (Lipinski definition) is 5. The third-order valence-electron chi connectivity index (χ3n) is 3.64. The molecule has 3 amide bonds. The van der Waals surface area contributed by atoms with Gasteiger partial charge in [-0.15, -0.1) is 0 Å². The predicted octanol–water partition coefficient (Wildman–Crippen LogP) is 2.99. The molecule has 0 aliphatic heterocycles. The second kappa shape index (κ2) is 6.40. The van der Waals surface area contributed by atoms with E-state index in [0.717, 1.165) is 10.8 Å². The van der Waals surface area contributed by atoms with Gasteiger partial charge in [0, 0.05) is 5.56 Å². The minimum atomic E-state index is -0.692. The van der Waals surface area contributed by atoms with Crippen molar-refractivity contribution in [1.82, 2.24) is 0 Å². The van der Waals surface area contributed by atoms with Gasteiger partial charge >= 0.3 is 6.03 Å². The molecule has 0 radical (unpaired) electrons. The standard InChI is InChI=1S/C18H15N3O4/c19-17(24)12-5-6-15(22)13(8-12)20-18(25)21-14-7-10-3-1-2-4-11(10)9-16(14)23/h1-9,22-23H,(H2,19,24)(H2,20,21,25). The van der Waals surface area contributed by atoms with Crippen LogP contribution >= 0.6 is 0 Å². The number of fused-ring (bicyclic) bond motifs is 1. The molecule has 7 heteroatoms. The van der Waals surface area contributed by atoms with Crippen LogP contribution in [-0.2, 0) is 0 Å². The number of benzene rings is 3. The van der Waals surface area contributed by atoms with Gasteiger partial charge < -0.3 is 26.6 Å². The molecule has 0 unspecified atom stereocenters. The van der Waals surface area contributed by atoms with E-state index in [1.54, 1.807) is 6.07 Å². The zero-order valence-corrected chi connectivity index (χ0v) is 13.0. The summed E-state index contributed by atoms with van der Waals surface area (Å²) in [6, 6.07) is 13.7. The molecule has 25 heavy (non-hydrogen) atoms. The Morgan fingerprint density at radius 3 is 2.04 bits per heavy atom. The predicted molar refractivity (Wildman–Crippen MR) is 94.9 cm³/mol. The number of amides is 3. The van der Waals surface area contributed by atoms with Gasteiger partial charge in [-0.3, -0.25) is 4.79 Å². The third-order valence-corrected chi connectivity index (χ3v) is 3.64. The fourth-order valence-electron chi connectivity index (χ4n) is 2.39. The number of primary amides is 1. The Balaban J connectivity index is 1.82. The van der Waals surface area contributed by atoms with E-state index in [4.69, 9.17) is 5.73 Å². The van der Waals surface area contributed by atoms with E-state index in [0.29, 0.717) is 0 Å². The molecule has 126 valence electrons. The molecular weight excluding hydrogens is 322 g/mol. The first-order chi connectivity index (χ1) is 11.9. The van der Waals surface area contributed by atoms with E-state index in [-0.39, 0.29) is 28.4 Å². The average Bonchev–Trinajstić information content (AvgIpc) is 2.57. The maximum atomic E-state index is 12.1. The van der Waals surface area contributed by atoms with Crippen LogP contribution in [0, 0.1) is 0 Å². The maximum Gasteiger partial charge on any atom is 0.323 e. The number of phenolic OH excluding ortho intramolecular Hbond substituents is 2. The molecule has 7 nitrogen and oxygen atoms in total. The summed E-state index contributed by atoms with van der Waals surface area (Å²) in [5.74, 6) is -0.998. The van der Waals surface area contributed by atoms with Crippen LogP contribution in [0.5, 0.6) is 11.5 Å². The van der Waals surface area contributed by atoms with Crippen molar-refractivity contribution < 1.29 is 19.8 Å². The Morgan fingerprint density at radius 2 is 1.40 bits per heavy atom. The van der Waals surface area contributed by atoms with Crippen LogP contribution in [0.4, 0.5) is 16.2 Å². The molecule has 3 aromatic rings. The van der Waals surface area contributed by atoms with Crippen LogP contribution in [0.25, 0.3) is 10.8 Å². The Morgan fingerprint density at radius 1 is 0.800 bits per heavy atom. The minimum absolute atomic E-state index is 0.0223. The lowest BCUT2D eigenvalue weighted by Gasteiger charge is -2.12. The number of phenols is 2. The molecule has 0 aliphatic carbocycles. The van der Waals surface area contributed by atoms with Gasteiger partial charge in [-0.2, -0.15) is 0 Å². The topological polar surface area (TPSA) is 125 Å². The van der Waals surface area contributed by atoms with Gasteiger partial charge in [0.1, 0.15) is 11.5 Å². The number of rotatable bonds is 3. The minimum Gasteiger partial charge on any atom is -0.506 e. The Labute approximate surface area is 142 Å². The lowest BCUT2D eigenvalue weighted by atomic mass is 10.1. The van der Waals surface area contributed by atoms with E-state index < -0.39 is 11.9 Å². The highest BCUT2D eigenvalue weighted by molar-refractivity contribution is 6.04. The Bertz CT molecular complexity index is 985. The highest BCUT2D eigenvalue weighted by atomic mass is 16.3. The summed E-state index contributed by atoms with van der Waals surface area (Å²) < 4.78 is 0. The SMILES string of the molecule is NC(=O)c1ccc(O)c(NC(=O)Nc2cc3ccccc3cc2O)c1. The molecule has 6 N–H and O–H groups in total. The van der Waals surface area contributed by atoms with Crippen LogP contribution < -0.4 is 16.4 Å². The Kier molecular flexibility index (Phi) is 4.13. The molecule has 0 aliphatic rings. The van der Waals surface area contributed by atoms with Gasteiger partial charge in [0.25, 0.3) is 0 Å². The summed E-state index contributed by atoms with van der Waals surface area (Å²) in [5.41, 5.74) is 5.55. The number of urea groups is 1. The largest absolute Gasteiger partial charge is 0.506 e. The molecule has 0 saturated carbocycles. The fourth-order valence-corrected chi connectivity index (χ4v) is 2.39. The molecule has 0 atom stereocenters. The lowest BCUT2D eigenvalue weighted by Crippen LogP contribution is -2.20. The maximum absolute atomic E-state index is 12.1. The van der Waals surface area contributed by atoms with Gasteiger partial charge in [-0.25, -0.2) is 4.79 Å². The number of nitrogens with two attached hydrogens (primary N) is 1. The monoisotopic (exact) mass is 337 g/mol. The molecule has 0 spiro atoms. The van der Waals surface area contributed by atoms with E-state index >= 15 is 0 Å². The quantitative estimate of drug-likeness (QED) is 0.471. The molecular formula is C18H15N3O4. The zero-order valence-electron chi connectivity index (χ0n) is 13.0. The molecule has 0 heterocycles. The summed E-state index contributed by atoms with van der Waals surface area (Å²) in [4.78, 5) is 23.3. The van der Waals surface area contributed by atoms with Gasteiger partial charge in [0.15, 0.2) is 0 Å². The first-order valence-electron chi connectivity index (χ1n) is 7.36. The van der Waals surface area contributed by atoms with Crippen molar-refractivity contribution in [2.75, 3.05) is 10.6 Å². The van der Waals surface area contributed by atoms with Crippen molar-refractivity contribution in [2.24, 2.45) is 5.73 Å². The number of nitrogens with one attached hydrogen (secondary N) is 2. The highest BCUT2D eigenvalue weighted by Crippen LogP contribution is 2.30. The molecule has 0 aromatic heterocycles. The molecule has 0 fully saturated rings. The van der Waals surface area contributed by atoms with Crippen LogP contribution in [0.1, 0.15) is 10.4 Å². The van der Waals surface area contributed by atoms with Crippen molar-refractivity contribution in [1.29, 1.82) is 0 Å². The summed E-state index contributed by atoms with van der Waals surface area (Å²) in [7, 11) is 0. The summed E-state index contributed by atoms with van der Waals surface area (Å²) in [6.07, 6.45) is 0. The van der Waals surface area contributed by atoms with Crippen LogP contribution in [0.2, 0.25) is 0 Å². The zero-order chi connectivity index (χ0) is 18.0. The number of anilines is 2. The fraction of sp³-hybridized carbons (Fsp3) is 0. The Hall–Kier alpha value is -3.74. The molecule has 0 bridgehead atoms. The van der Waals surface area contributed by atoms with Crippen molar-refractivity contribution in [2.45, 2.75) is 0 Å². The van der Waals surface area contributed by atoms with Gasteiger partial charge in [-0.05, 0) is 41.1 Å². The third kappa shape index (κ3) is 3.45. The van der Waals surface area contributed by atoms with Crippen LogP contribution in [0.3, 0.4) is 0 Å². The van der Waals surface area contributed by atoms with Gasteiger partial charge in [-0.1, -0.05) is 24.3 Å². The van der Waals surface area contributed by atoms with E-state index in [1.165, 1.54) is 24.3 Å². The van der Waals surface area contributed by atoms with Crippen molar-refractivity contribution in [3.05, 3.63) is 60.2 Å². The average molecular weight is 337 g/mol. The second-order valence-electron chi connectivity index (χ2n) is 5.39. The number of hydrogen-bond acceptors (Lipinski definition) is 4. The summed E-state index contributed by atoms with van der Waals surface area (Å²) in [5, 5.41) is 26.4.